The average molecular weight is 317 g/mol. The van der Waals surface area contributed by atoms with E-state index in [2.05, 4.69) is 0 Å². The van der Waals surface area contributed by atoms with E-state index in [9.17, 15) is 14.9 Å². The van der Waals surface area contributed by atoms with Gasteiger partial charge in [-0.1, -0.05) is 12.8 Å². The SMILES string of the molecule is C[C@@H](C#N)OC(=O)c1ccc(N2CCCCCC2)c([N+](=O)[O-])c1. The molecule has 0 amide bonds. The van der Waals surface area contributed by atoms with E-state index < -0.39 is 17.0 Å². The maximum Gasteiger partial charge on any atom is 0.339 e. The summed E-state index contributed by atoms with van der Waals surface area (Å²) in [7, 11) is 0. The molecule has 0 aliphatic carbocycles. The summed E-state index contributed by atoms with van der Waals surface area (Å²) in [6.07, 6.45) is 3.36. The number of esters is 1. The number of hydrogen-bond donors (Lipinski definition) is 0. The minimum atomic E-state index is -0.896. The minimum Gasteiger partial charge on any atom is -0.444 e. The third kappa shape index (κ3) is 4.19. The Bertz CT molecular complexity index is 631. The van der Waals surface area contributed by atoms with Gasteiger partial charge in [0.05, 0.1) is 10.5 Å². The molecule has 0 N–H and O–H groups in total. The van der Waals surface area contributed by atoms with Crippen molar-refractivity contribution in [1.82, 2.24) is 0 Å². The zero-order valence-corrected chi connectivity index (χ0v) is 13.0. The van der Waals surface area contributed by atoms with E-state index in [1.165, 1.54) is 19.1 Å². The second kappa shape index (κ2) is 7.58. The molecule has 1 fully saturated rings. The molecule has 0 spiro atoms. The van der Waals surface area contributed by atoms with Crippen molar-refractivity contribution in [1.29, 1.82) is 5.26 Å². The fourth-order valence-corrected chi connectivity index (χ4v) is 2.63. The van der Waals surface area contributed by atoms with Gasteiger partial charge in [-0.2, -0.15) is 5.26 Å². The first-order valence-electron chi connectivity index (χ1n) is 7.67. The average Bonchev–Trinajstić information content (AvgIpc) is 2.83. The van der Waals surface area contributed by atoms with Gasteiger partial charge in [-0.05, 0) is 31.9 Å². The van der Waals surface area contributed by atoms with Gasteiger partial charge in [-0.25, -0.2) is 4.79 Å². The highest BCUT2D eigenvalue weighted by atomic mass is 16.6. The van der Waals surface area contributed by atoms with Crippen LogP contribution in [0.3, 0.4) is 0 Å². The number of nitrogens with zero attached hydrogens (tertiary/aromatic N) is 3. The minimum absolute atomic E-state index is 0.0809. The lowest BCUT2D eigenvalue weighted by molar-refractivity contribution is -0.384. The van der Waals surface area contributed by atoms with Crippen LogP contribution in [-0.4, -0.2) is 30.1 Å². The Hall–Kier alpha value is -2.62. The number of carbonyl (C=O) groups is 1. The number of benzene rings is 1. The molecule has 1 aromatic carbocycles. The molecular formula is C16H19N3O4. The molecule has 7 heteroatoms. The molecule has 0 aromatic heterocycles. The van der Waals surface area contributed by atoms with Crippen molar-refractivity contribution < 1.29 is 14.5 Å². The van der Waals surface area contributed by atoms with Gasteiger partial charge in [-0.15, -0.1) is 0 Å². The predicted octanol–water partition coefficient (Wildman–Crippen LogP) is 3.04. The van der Waals surface area contributed by atoms with E-state index >= 15 is 0 Å². The molecule has 1 heterocycles. The molecule has 1 aromatic rings. The summed E-state index contributed by atoms with van der Waals surface area (Å²) in [5, 5.41) is 20.1. The van der Waals surface area contributed by atoms with E-state index in [0.29, 0.717) is 5.69 Å². The van der Waals surface area contributed by atoms with Crippen LogP contribution in [-0.2, 0) is 4.74 Å². The highest BCUT2D eigenvalue weighted by molar-refractivity contribution is 5.91. The van der Waals surface area contributed by atoms with Crippen LogP contribution in [0.15, 0.2) is 18.2 Å². The number of nitro benzene ring substituents is 1. The van der Waals surface area contributed by atoms with E-state index in [1.807, 2.05) is 4.90 Å². The third-order valence-corrected chi connectivity index (χ3v) is 3.82. The number of anilines is 1. The fraction of sp³-hybridized carbons (Fsp3) is 0.500. The molecule has 0 bridgehead atoms. The Morgan fingerprint density at radius 3 is 2.57 bits per heavy atom. The largest absolute Gasteiger partial charge is 0.444 e. The molecule has 23 heavy (non-hydrogen) atoms. The summed E-state index contributed by atoms with van der Waals surface area (Å²) in [6, 6.07) is 6.12. The van der Waals surface area contributed by atoms with Gasteiger partial charge in [0.1, 0.15) is 11.8 Å². The van der Waals surface area contributed by atoms with E-state index in [4.69, 9.17) is 10.00 Å². The van der Waals surface area contributed by atoms with Crippen molar-refractivity contribution in [2.75, 3.05) is 18.0 Å². The van der Waals surface area contributed by atoms with E-state index in [1.54, 1.807) is 12.1 Å². The highest BCUT2D eigenvalue weighted by Gasteiger charge is 2.23. The van der Waals surface area contributed by atoms with Crippen molar-refractivity contribution in [2.24, 2.45) is 0 Å². The normalized spacial score (nSPS) is 16.1. The number of nitriles is 1. The molecule has 1 aliphatic rings. The summed E-state index contributed by atoms with van der Waals surface area (Å²) in [4.78, 5) is 24.8. The van der Waals surface area contributed by atoms with Gasteiger partial charge in [-0.3, -0.25) is 10.1 Å². The molecule has 1 saturated heterocycles. The van der Waals surface area contributed by atoms with E-state index in [-0.39, 0.29) is 11.3 Å². The lowest BCUT2D eigenvalue weighted by atomic mass is 10.1. The first-order chi connectivity index (χ1) is 11.0. The Balaban J connectivity index is 2.29. The maximum absolute atomic E-state index is 11.9. The first-order valence-corrected chi connectivity index (χ1v) is 7.67. The summed E-state index contributed by atoms with van der Waals surface area (Å²) < 4.78 is 4.89. The number of hydrogen-bond acceptors (Lipinski definition) is 6. The highest BCUT2D eigenvalue weighted by Crippen LogP contribution is 2.31. The van der Waals surface area contributed by atoms with Crippen LogP contribution in [0.1, 0.15) is 43.0 Å². The molecular weight excluding hydrogens is 298 g/mol. The standard InChI is InChI=1S/C16H19N3O4/c1-12(11-17)23-16(20)13-6-7-14(15(10-13)19(21)22)18-8-4-2-3-5-9-18/h6-7,10,12H,2-5,8-9H2,1H3/t12-/m0/s1. The van der Waals surface area contributed by atoms with Crippen molar-refractivity contribution in [3.63, 3.8) is 0 Å². The second-order valence-electron chi connectivity index (χ2n) is 5.54. The quantitative estimate of drug-likeness (QED) is 0.481. The number of ether oxygens (including phenoxy) is 1. The molecule has 0 saturated carbocycles. The van der Waals surface area contributed by atoms with Gasteiger partial charge in [0.25, 0.3) is 5.69 Å². The Kier molecular flexibility index (Phi) is 5.52. The number of rotatable bonds is 4. The second-order valence-corrected chi connectivity index (χ2v) is 5.54. The zero-order chi connectivity index (χ0) is 16.8. The van der Waals surface area contributed by atoms with Crippen LogP contribution in [0.5, 0.6) is 0 Å². The zero-order valence-electron chi connectivity index (χ0n) is 13.0. The number of nitro groups is 1. The van der Waals surface area contributed by atoms with Crippen molar-refractivity contribution in [3.05, 3.63) is 33.9 Å². The van der Waals surface area contributed by atoms with Gasteiger partial charge in [0.2, 0.25) is 0 Å². The number of carbonyl (C=O) groups excluding carboxylic acids is 1. The molecule has 1 aliphatic heterocycles. The topological polar surface area (TPSA) is 96.5 Å². The molecule has 7 nitrogen and oxygen atoms in total. The van der Waals surface area contributed by atoms with Crippen molar-refractivity contribution in [3.8, 4) is 6.07 Å². The van der Waals surface area contributed by atoms with E-state index in [0.717, 1.165) is 38.8 Å². The lowest BCUT2D eigenvalue weighted by Crippen LogP contribution is -2.25. The van der Waals surface area contributed by atoms with Crippen LogP contribution < -0.4 is 4.90 Å². The Labute approximate surface area is 134 Å². The first kappa shape index (κ1) is 16.7. The summed E-state index contributed by atoms with van der Waals surface area (Å²) >= 11 is 0. The van der Waals surface area contributed by atoms with Crippen LogP contribution in [0.2, 0.25) is 0 Å². The lowest BCUT2D eigenvalue weighted by Gasteiger charge is -2.22. The van der Waals surface area contributed by atoms with Gasteiger partial charge in [0.15, 0.2) is 6.10 Å². The molecule has 0 radical (unpaired) electrons. The predicted molar refractivity (Wildman–Crippen MR) is 84.3 cm³/mol. The molecule has 0 unspecified atom stereocenters. The summed E-state index contributed by atoms with van der Waals surface area (Å²) in [5.74, 6) is -0.732. The summed E-state index contributed by atoms with van der Waals surface area (Å²) in [5.41, 5.74) is 0.505. The molecule has 1 atom stereocenters. The smallest absolute Gasteiger partial charge is 0.339 e. The molecule has 122 valence electrons. The van der Waals surface area contributed by atoms with Crippen LogP contribution in [0.4, 0.5) is 11.4 Å². The molecule has 2 rings (SSSR count). The maximum atomic E-state index is 11.9. The van der Waals surface area contributed by atoms with Gasteiger partial charge >= 0.3 is 5.97 Å². The van der Waals surface area contributed by atoms with Crippen LogP contribution >= 0.6 is 0 Å². The third-order valence-electron chi connectivity index (χ3n) is 3.82. The van der Waals surface area contributed by atoms with Crippen LogP contribution in [0, 0.1) is 21.4 Å². The Morgan fingerprint density at radius 1 is 1.35 bits per heavy atom. The Morgan fingerprint density at radius 2 is 2.00 bits per heavy atom. The van der Waals surface area contributed by atoms with Crippen molar-refractivity contribution >= 4 is 17.3 Å². The van der Waals surface area contributed by atoms with Gasteiger partial charge < -0.3 is 9.64 Å². The van der Waals surface area contributed by atoms with Crippen molar-refractivity contribution in [2.45, 2.75) is 38.7 Å². The fourth-order valence-electron chi connectivity index (χ4n) is 2.63. The van der Waals surface area contributed by atoms with Crippen LogP contribution in [0.25, 0.3) is 0 Å². The summed E-state index contributed by atoms with van der Waals surface area (Å²) in [6.45, 7) is 2.99. The monoisotopic (exact) mass is 317 g/mol. The van der Waals surface area contributed by atoms with Gasteiger partial charge in [0, 0.05) is 19.2 Å².